The van der Waals surface area contributed by atoms with Gasteiger partial charge in [-0.05, 0) is 38.5 Å². The molecule has 0 aliphatic rings. The molecule has 0 spiro atoms. The first-order valence-electron chi connectivity index (χ1n) is 8.81. The summed E-state index contributed by atoms with van der Waals surface area (Å²) in [5, 5.41) is 2.81. The van der Waals surface area contributed by atoms with Crippen LogP contribution in [-0.2, 0) is 16.1 Å². The summed E-state index contributed by atoms with van der Waals surface area (Å²) < 4.78 is 0. The number of aryl methyl sites for hydroxylation is 1. The van der Waals surface area contributed by atoms with Crippen molar-refractivity contribution in [1.82, 2.24) is 10.2 Å². The van der Waals surface area contributed by atoms with Crippen molar-refractivity contribution in [3.05, 3.63) is 65.7 Å². The van der Waals surface area contributed by atoms with Gasteiger partial charge >= 0.3 is 0 Å². The Bertz CT molecular complexity index is 717. The third kappa shape index (κ3) is 5.92. The van der Waals surface area contributed by atoms with Gasteiger partial charge in [-0.3, -0.25) is 9.59 Å². The van der Waals surface area contributed by atoms with Crippen LogP contribution in [0.15, 0.2) is 59.5 Å². The molecule has 5 heteroatoms. The van der Waals surface area contributed by atoms with Gasteiger partial charge in [0.25, 0.3) is 0 Å². The van der Waals surface area contributed by atoms with Crippen LogP contribution in [0.5, 0.6) is 0 Å². The van der Waals surface area contributed by atoms with Gasteiger partial charge in [0.1, 0.15) is 6.04 Å². The Morgan fingerprint density at radius 1 is 1.08 bits per heavy atom. The van der Waals surface area contributed by atoms with Gasteiger partial charge in [0.05, 0.1) is 5.75 Å². The molecule has 0 fully saturated rings. The Labute approximate surface area is 160 Å². The van der Waals surface area contributed by atoms with E-state index in [9.17, 15) is 9.59 Å². The van der Waals surface area contributed by atoms with Crippen molar-refractivity contribution in [1.29, 1.82) is 0 Å². The summed E-state index contributed by atoms with van der Waals surface area (Å²) >= 11 is 1.49. The highest BCUT2D eigenvalue weighted by Gasteiger charge is 2.25. The molecule has 0 aromatic heterocycles. The minimum atomic E-state index is -0.514. The molecule has 2 amide bonds. The molecule has 4 nitrogen and oxygen atoms in total. The molecule has 0 aliphatic carbocycles. The number of amides is 2. The topological polar surface area (TPSA) is 49.4 Å². The highest BCUT2D eigenvalue weighted by atomic mass is 32.2. The molecular formula is C21H26N2O2S. The number of carbonyl (C=O) groups excluding carboxylic acids is 2. The van der Waals surface area contributed by atoms with Crippen LogP contribution in [-0.4, -0.2) is 35.1 Å². The van der Waals surface area contributed by atoms with E-state index in [1.165, 1.54) is 17.3 Å². The number of likely N-dealkylation sites (N-methyl/N-ethyl adjacent to an activating group) is 1. The zero-order valence-electron chi connectivity index (χ0n) is 15.6. The maximum absolute atomic E-state index is 12.9. The molecule has 0 bridgehead atoms. The smallest absolute Gasteiger partial charge is 0.242 e. The van der Waals surface area contributed by atoms with Gasteiger partial charge in [-0.25, -0.2) is 0 Å². The van der Waals surface area contributed by atoms with Gasteiger partial charge in [0, 0.05) is 18.0 Å². The van der Waals surface area contributed by atoms with E-state index in [1.54, 1.807) is 11.8 Å². The Kier molecular flexibility index (Phi) is 7.73. The zero-order valence-corrected chi connectivity index (χ0v) is 16.4. The second kappa shape index (κ2) is 10.0. The van der Waals surface area contributed by atoms with Crippen molar-refractivity contribution in [2.24, 2.45) is 0 Å². The van der Waals surface area contributed by atoms with Gasteiger partial charge in [0.2, 0.25) is 11.8 Å². The Hall–Kier alpha value is -2.27. The molecule has 0 heterocycles. The first-order valence-corrected chi connectivity index (χ1v) is 9.80. The number of benzene rings is 2. The minimum Gasteiger partial charge on any atom is -0.355 e. The lowest BCUT2D eigenvalue weighted by molar-refractivity contribution is -0.138. The van der Waals surface area contributed by atoms with E-state index in [4.69, 9.17) is 0 Å². The Morgan fingerprint density at radius 3 is 2.35 bits per heavy atom. The van der Waals surface area contributed by atoms with Crippen LogP contribution in [0.3, 0.4) is 0 Å². The molecule has 0 radical (unpaired) electrons. The third-order valence-corrected chi connectivity index (χ3v) is 5.09. The van der Waals surface area contributed by atoms with E-state index >= 15 is 0 Å². The molecule has 0 saturated heterocycles. The fourth-order valence-corrected chi connectivity index (χ4v) is 3.35. The van der Waals surface area contributed by atoms with Crippen LogP contribution in [0.1, 0.15) is 25.0 Å². The highest BCUT2D eigenvalue weighted by Crippen LogP contribution is 2.19. The average Bonchev–Trinajstić information content (AvgIpc) is 2.66. The predicted molar refractivity (Wildman–Crippen MR) is 107 cm³/mol. The number of nitrogens with one attached hydrogen (secondary N) is 1. The van der Waals surface area contributed by atoms with E-state index in [-0.39, 0.29) is 11.8 Å². The summed E-state index contributed by atoms with van der Waals surface area (Å²) in [7, 11) is 0. The van der Waals surface area contributed by atoms with E-state index in [2.05, 4.69) is 5.32 Å². The first-order chi connectivity index (χ1) is 12.5. The molecule has 0 saturated carbocycles. The van der Waals surface area contributed by atoms with Crippen LogP contribution in [0.25, 0.3) is 0 Å². The number of thioether (sulfide) groups is 1. The van der Waals surface area contributed by atoms with E-state index in [0.717, 1.165) is 10.5 Å². The predicted octanol–water partition coefficient (Wildman–Crippen LogP) is 3.64. The van der Waals surface area contributed by atoms with E-state index < -0.39 is 6.04 Å². The van der Waals surface area contributed by atoms with E-state index in [1.807, 2.05) is 68.4 Å². The van der Waals surface area contributed by atoms with Crippen molar-refractivity contribution in [3.8, 4) is 0 Å². The molecule has 1 atom stereocenters. The Balaban J connectivity index is 2.11. The molecule has 2 rings (SSSR count). The minimum absolute atomic E-state index is 0.0434. The van der Waals surface area contributed by atoms with Gasteiger partial charge < -0.3 is 10.2 Å². The maximum atomic E-state index is 12.9. The summed E-state index contributed by atoms with van der Waals surface area (Å²) in [6.07, 6.45) is 0. The number of rotatable bonds is 8. The van der Waals surface area contributed by atoms with Gasteiger partial charge in [-0.2, -0.15) is 0 Å². The molecular weight excluding hydrogens is 344 g/mol. The van der Waals surface area contributed by atoms with Crippen LogP contribution in [0.4, 0.5) is 0 Å². The lowest BCUT2D eigenvalue weighted by atomic mass is 10.1. The maximum Gasteiger partial charge on any atom is 0.242 e. The molecule has 0 unspecified atom stereocenters. The third-order valence-electron chi connectivity index (χ3n) is 4.10. The molecule has 1 N–H and O–H groups in total. The normalized spacial score (nSPS) is 11.7. The van der Waals surface area contributed by atoms with Crippen LogP contribution < -0.4 is 5.32 Å². The van der Waals surface area contributed by atoms with Crippen molar-refractivity contribution in [2.75, 3.05) is 12.3 Å². The fourth-order valence-electron chi connectivity index (χ4n) is 2.54. The number of carbonyl (C=O) groups is 2. The molecule has 26 heavy (non-hydrogen) atoms. The van der Waals surface area contributed by atoms with Gasteiger partial charge in [-0.15, -0.1) is 11.8 Å². The monoisotopic (exact) mass is 370 g/mol. The summed E-state index contributed by atoms with van der Waals surface area (Å²) in [6, 6.07) is 17.4. The number of hydrogen-bond acceptors (Lipinski definition) is 3. The summed E-state index contributed by atoms with van der Waals surface area (Å²) in [6.45, 7) is 6.66. The number of hydrogen-bond donors (Lipinski definition) is 1. The van der Waals surface area contributed by atoms with Crippen LogP contribution in [0, 0.1) is 6.92 Å². The van der Waals surface area contributed by atoms with Crippen molar-refractivity contribution < 1.29 is 9.59 Å². The molecule has 2 aromatic rings. The lowest BCUT2D eigenvalue weighted by Crippen LogP contribution is -2.48. The average molecular weight is 371 g/mol. The van der Waals surface area contributed by atoms with Crippen molar-refractivity contribution in [3.63, 3.8) is 0 Å². The standard InChI is InChI=1S/C21H26N2O2S/c1-4-22-21(25)17(3)23(14-18-12-10-16(2)11-13-18)20(24)15-26-19-8-6-5-7-9-19/h5-13,17H,4,14-15H2,1-3H3,(H,22,25)/t17-/m1/s1. The summed E-state index contributed by atoms with van der Waals surface area (Å²) in [5.74, 6) is 0.135. The number of nitrogens with zero attached hydrogens (tertiary/aromatic N) is 1. The second-order valence-electron chi connectivity index (χ2n) is 6.18. The first kappa shape index (κ1) is 20.0. The SMILES string of the molecule is CCNC(=O)[C@@H](C)N(Cc1ccc(C)cc1)C(=O)CSc1ccccc1. The highest BCUT2D eigenvalue weighted by molar-refractivity contribution is 8.00. The molecule has 2 aromatic carbocycles. The zero-order chi connectivity index (χ0) is 18.9. The second-order valence-corrected chi connectivity index (χ2v) is 7.23. The largest absolute Gasteiger partial charge is 0.355 e. The quantitative estimate of drug-likeness (QED) is 0.722. The van der Waals surface area contributed by atoms with Crippen LogP contribution >= 0.6 is 11.8 Å². The molecule has 138 valence electrons. The lowest BCUT2D eigenvalue weighted by Gasteiger charge is -2.28. The van der Waals surface area contributed by atoms with Gasteiger partial charge in [-0.1, -0.05) is 48.0 Å². The summed E-state index contributed by atoms with van der Waals surface area (Å²) in [5.41, 5.74) is 2.19. The van der Waals surface area contributed by atoms with Gasteiger partial charge in [0.15, 0.2) is 0 Å². The van der Waals surface area contributed by atoms with E-state index in [0.29, 0.717) is 18.8 Å². The summed E-state index contributed by atoms with van der Waals surface area (Å²) in [4.78, 5) is 27.9. The fraction of sp³-hybridized carbons (Fsp3) is 0.333. The van der Waals surface area contributed by atoms with Crippen molar-refractivity contribution >= 4 is 23.6 Å². The van der Waals surface area contributed by atoms with Crippen LogP contribution in [0.2, 0.25) is 0 Å². The Morgan fingerprint density at radius 2 is 1.73 bits per heavy atom. The molecule has 0 aliphatic heterocycles. The van der Waals surface area contributed by atoms with Crippen molar-refractivity contribution in [2.45, 2.75) is 38.3 Å².